The van der Waals surface area contributed by atoms with E-state index < -0.39 is 10.2 Å². The molecule has 9 heteroatoms. The van der Waals surface area contributed by atoms with Crippen molar-refractivity contribution < 1.29 is 8.42 Å². The Kier molecular flexibility index (Phi) is 4.54. The van der Waals surface area contributed by atoms with Crippen molar-refractivity contribution in [1.29, 1.82) is 0 Å². The molecule has 1 rings (SSSR count). The van der Waals surface area contributed by atoms with Crippen LogP contribution in [0.4, 0.5) is 5.69 Å². The molecule has 17 heavy (non-hydrogen) atoms. The summed E-state index contributed by atoms with van der Waals surface area (Å²) in [6.07, 6.45) is 1.15. The lowest BCUT2D eigenvalue weighted by Crippen LogP contribution is -2.37. The van der Waals surface area contributed by atoms with Gasteiger partial charge in [0.2, 0.25) is 0 Å². The van der Waals surface area contributed by atoms with Gasteiger partial charge >= 0.3 is 10.2 Å². The highest BCUT2D eigenvalue weighted by Crippen LogP contribution is 2.27. The van der Waals surface area contributed by atoms with E-state index in [0.29, 0.717) is 0 Å². The predicted octanol–water partition coefficient (Wildman–Crippen LogP) is 1.78. The van der Waals surface area contributed by atoms with Crippen LogP contribution in [0.15, 0.2) is 6.33 Å². The zero-order valence-corrected chi connectivity index (χ0v) is 11.8. The molecule has 0 aromatic carbocycles. The van der Waals surface area contributed by atoms with Crippen LogP contribution < -0.4 is 4.72 Å². The van der Waals surface area contributed by atoms with Crippen LogP contribution in [0.25, 0.3) is 0 Å². The topological polar surface area (TPSA) is 75.2 Å². The molecular weight excluding hydrogens is 287 g/mol. The molecule has 0 amide bonds. The van der Waals surface area contributed by atoms with Crippen LogP contribution in [-0.4, -0.2) is 35.8 Å². The van der Waals surface area contributed by atoms with Crippen molar-refractivity contribution in [3.63, 3.8) is 0 Å². The number of nitrogens with one attached hydrogen (secondary N) is 1. The standard InChI is InChI=1S/C8H12Cl2N4O2S/c1-5(2)14(3)17(15,16)13-6-7(9)11-4-12-8(6)10/h4-5,13H,1-3H3. The maximum absolute atomic E-state index is 11.9. The molecule has 6 nitrogen and oxygen atoms in total. The van der Waals surface area contributed by atoms with Crippen molar-refractivity contribution in [2.45, 2.75) is 19.9 Å². The van der Waals surface area contributed by atoms with E-state index in [0.717, 1.165) is 10.6 Å². The molecule has 0 radical (unpaired) electrons. The molecule has 1 aromatic heterocycles. The zero-order chi connectivity index (χ0) is 13.2. The first-order valence-electron chi connectivity index (χ1n) is 4.67. The van der Waals surface area contributed by atoms with E-state index in [-0.39, 0.29) is 22.0 Å². The van der Waals surface area contributed by atoms with Gasteiger partial charge in [0.1, 0.15) is 12.0 Å². The number of halogens is 2. The van der Waals surface area contributed by atoms with Crippen molar-refractivity contribution in [2.75, 3.05) is 11.8 Å². The third kappa shape index (κ3) is 3.41. The summed E-state index contributed by atoms with van der Waals surface area (Å²) in [6, 6.07) is -0.199. The molecule has 0 saturated carbocycles. The molecule has 0 unspecified atom stereocenters. The monoisotopic (exact) mass is 298 g/mol. The lowest BCUT2D eigenvalue weighted by molar-refractivity contribution is 0.414. The quantitative estimate of drug-likeness (QED) is 0.860. The van der Waals surface area contributed by atoms with Crippen LogP contribution >= 0.6 is 23.2 Å². The van der Waals surface area contributed by atoms with Crippen LogP contribution in [0.5, 0.6) is 0 Å². The van der Waals surface area contributed by atoms with E-state index in [1.807, 2.05) is 0 Å². The lowest BCUT2D eigenvalue weighted by Gasteiger charge is -2.21. The first-order valence-corrected chi connectivity index (χ1v) is 6.87. The van der Waals surface area contributed by atoms with E-state index >= 15 is 0 Å². The van der Waals surface area contributed by atoms with Crippen LogP contribution in [0.3, 0.4) is 0 Å². The van der Waals surface area contributed by atoms with Gasteiger partial charge in [-0.15, -0.1) is 0 Å². The minimum atomic E-state index is -3.72. The summed E-state index contributed by atoms with van der Waals surface area (Å²) in [6.45, 7) is 3.48. The number of hydrogen-bond acceptors (Lipinski definition) is 4. The van der Waals surface area contributed by atoms with Crippen LogP contribution in [-0.2, 0) is 10.2 Å². The number of aromatic nitrogens is 2. The number of nitrogens with zero attached hydrogens (tertiary/aromatic N) is 3. The third-order valence-corrected chi connectivity index (χ3v) is 4.31. The summed E-state index contributed by atoms with van der Waals surface area (Å²) in [5.41, 5.74) is -0.0247. The maximum Gasteiger partial charge on any atom is 0.301 e. The molecule has 0 spiro atoms. The molecule has 0 bridgehead atoms. The van der Waals surface area contributed by atoms with E-state index in [1.165, 1.54) is 7.05 Å². The Morgan fingerprint density at radius 3 is 2.18 bits per heavy atom. The van der Waals surface area contributed by atoms with Crippen molar-refractivity contribution >= 4 is 39.1 Å². The normalized spacial score (nSPS) is 12.2. The second kappa shape index (κ2) is 5.34. The van der Waals surface area contributed by atoms with Crippen LogP contribution in [0.2, 0.25) is 10.3 Å². The Morgan fingerprint density at radius 1 is 1.29 bits per heavy atom. The van der Waals surface area contributed by atoms with Gasteiger partial charge in [-0.05, 0) is 13.8 Å². The van der Waals surface area contributed by atoms with Crippen molar-refractivity contribution in [2.24, 2.45) is 0 Å². The summed E-state index contributed by atoms with van der Waals surface area (Å²) in [5.74, 6) is 0. The van der Waals surface area contributed by atoms with E-state index in [1.54, 1.807) is 13.8 Å². The summed E-state index contributed by atoms with van der Waals surface area (Å²) < 4.78 is 27.2. The van der Waals surface area contributed by atoms with Crippen molar-refractivity contribution in [3.05, 3.63) is 16.6 Å². The Balaban J connectivity index is 3.07. The molecule has 0 atom stereocenters. The highest BCUT2D eigenvalue weighted by atomic mass is 35.5. The highest BCUT2D eigenvalue weighted by molar-refractivity contribution is 7.90. The first kappa shape index (κ1) is 14.4. The van der Waals surface area contributed by atoms with Crippen molar-refractivity contribution in [3.8, 4) is 0 Å². The molecule has 1 heterocycles. The van der Waals surface area contributed by atoms with Gasteiger partial charge in [0.15, 0.2) is 10.3 Å². The van der Waals surface area contributed by atoms with Crippen LogP contribution in [0, 0.1) is 0 Å². The smallest absolute Gasteiger partial charge is 0.265 e. The van der Waals surface area contributed by atoms with Gasteiger partial charge in [-0.2, -0.15) is 12.7 Å². The highest BCUT2D eigenvalue weighted by Gasteiger charge is 2.23. The Labute approximate surface area is 110 Å². The van der Waals surface area contributed by atoms with E-state index in [4.69, 9.17) is 23.2 Å². The Bertz CT molecular complexity index is 486. The summed E-state index contributed by atoms with van der Waals surface area (Å²) >= 11 is 11.5. The number of anilines is 1. The van der Waals surface area contributed by atoms with Gasteiger partial charge in [-0.3, -0.25) is 4.72 Å². The lowest BCUT2D eigenvalue weighted by atomic mass is 10.4. The zero-order valence-electron chi connectivity index (χ0n) is 9.48. The molecule has 0 saturated heterocycles. The molecule has 1 aromatic rings. The second-order valence-electron chi connectivity index (χ2n) is 3.55. The average Bonchev–Trinajstić information content (AvgIpc) is 2.22. The number of rotatable bonds is 4. The Morgan fingerprint density at radius 2 is 1.76 bits per heavy atom. The summed E-state index contributed by atoms with van der Waals surface area (Å²) in [7, 11) is -2.28. The fraction of sp³-hybridized carbons (Fsp3) is 0.500. The fourth-order valence-electron chi connectivity index (χ4n) is 0.907. The van der Waals surface area contributed by atoms with Gasteiger partial charge in [0.05, 0.1) is 0 Å². The SMILES string of the molecule is CC(C)N(C)S(=O)(=O)Nc1c(Cl)ncnc1Cl. The third-order valence-electron chi connectivity index (χ3n) is 2.09. The summed E-state index contributed by atoms with van der Waals surface area (Å²) in [4.78, 5) is 7.31. The first-order chi connectivity index (χ1) is 7.75. The minimum absolute atomic E-state index is 0.0247. The molecule has 1 N–H and O–H groups in total. The fourth-order valence-corrected chi connectivity index (χ4v) is 2.58. The van der Waals surface area contributed by atoms with Gasteiger partial charge < -0.3 is 0 Å². The second-order valence-corrected chi connectivity index (χ2v) is 5.99. The molecule has 0 aliphatic carbocycles. The molecule has 0 aliphatic rings. The van der Waals surface area contributed by atoms with Crippen molar-refractivity contribution in [1.82, 2.24) is 14.3 Å². The molecular formula is C8H12Cl2N4O2S. The Hall–Kier alpha value is -0.630. The van der Waals surface area contributed by atoms with E-state index in [2.05, 4.69) is 14.7 Å². The van der Waals surface area contributed by atoms with E-state index in [9.17, 15) is 8.42 Å². The average molecular weight is 299 g/mol. The minimum Gasteiger partial charge on any atom is -0.265 e. The largest absolute Gasteiger partial charge is 0.301 e. The maximum atomic E-state index is 11.9. The van der Waals surface area contributed by atoms with Gasteiger partial charge in [0, 0.05) is 13.1 Å². The molecule has 96 valence electrons. The molecule has 0 fully saturated rings. The summed E-state index contributed by atoms with van der Waals surface area (Å²) in [5, 5.41) is -0.100. The molecule has 0 aliphatic heterocycles. The van der Waals surface area contributed by atoms with Gasteiger partial charge in [0.25, 0.3) is 0 Å². The van der Waals surface area contributed by atoms with Gasteiger partial charge in [-0.25, -0.2) is 9.97 Å². The van der Waals surface area contributed by atoms with Gasteiger partial charge in [-0.1, -0.05) is 23.2 Å². The number of hydrogen-bond donors (Lipinski definition) is 1. The predicted molar refractivity (Wildman–Crippen MR) is 67.5 cm³/mol. The van der Waals surface area contributed by atoms with Crippen LogP contribution in [0.1, 0.15) is 13.8 Å².